The lowest BCUT2D eigenvalue weighted by atomic mass is 9.97. The topological polar surface area (TPSA) is 51.0 Å². The summed E-state index contributed by atoms with van der Waals surface area (Å²) in [6.45, 7) is 6.80. The fraction of sp³-hybridized carbons (Fsp3) is 0.435. The third kappa shape index (κ3) is 4.94. The van der Waals surface area contributed by atoms with Gasteiger partial charge >= 0.3 is 6.18 Å². The monoisotopic (exact) mass is 496 g/mol. The number of hydrogen-bond donors (Lipinski definition) is 0. The number of halogens is 4. The van der Waals surface area contributed by atoms with Gasteiger partial charge < -0.3 is 4.90 Å². The fourth-order valence-corrected chi connectivity index (χ4v) is 5.04. The first-order chi connectivity index (χ1) is 15.4. The molecule has 1 atom stereocenters. The molecule has 176 valence electrons. The van der Waals surface area contributed by atoms with Gasteiger partial charge in [0, 0.05) is 36.1 Å². The summed E-state index contributed by atoms with van der Waals surface area (Å²) in [5.41, 5.74) is 0.352. The molecule has 0 saturated carbocycles. The number of rotatable bonds is 3. The zero-order valence-electron chi connectivity index (χ0n) is 18.5. The average Bonchev–Trinajstić information content (AvgIpc) is 3.41. The molecule has 2 aromatic heterocycles. The zero-order valence-corrected chi connectivity index (χ0v) is 20.1. The predicted molar refractivity (Wildman–Crippen MR) is 123 cm³/mol. The van der Waals surface area contributed by atoms with Crippen molar-refractivity contribution in [2.45, 2.75) is 51.2 Å². The highest BCUT2D eigenvalue weighted by atomic mass is 35.5. The Kier molecular flexibility index (Phi) is 6.30. The number of amides is 1. The van der Waals surface area contributed by atoms with E-state index >= 15 is 0 Å². The van der Waals surface area contributed by atoms with E-state index < -0.39 is 11.9 Å². The van der Waals surface area contributed by atoms with E-state index in [1.165, 1.54) is 0 Å². The van der Waals surface area contributed by atoms with E-state index in [1.54, 1.807) is 21.8 Å². The first-order valence-corrected chi connectivity index (χ1v) is 11.9. The molecule has 33 heavy (non-hydrogen) atoms. The van der Waals surface area contributed by atoms with Crippen molar-refractivity contribution < 1.29 is 18.0 Å². The standard InChI is InChI=1S/C23H24ClF3N4OS/c1-22(2,3)31-12-16(19(29-31)15-8-4-5-9-17(15)24)21(32)30-10-6-7-14(11-30)20-28-18(13-33-20)23(25,26)27/h4-5,8-9,12-14H,6-7,10-11H2,1-3H3. The summed E-state index contributed by atoms with van der Waals surface area (Å²) in [5.74, 6) is -0.442. The Morgan fingerprint density at radius 2 is 1.94 bits per heavy atom. The van der Waals surface area contributed by atoms with Crippen LogP contribution >= 0.6 is 22.9 Å². The van der Waals surface area contributed by atoms with Gasteiger partial charge in [-0.25, -0.2) is 4.98 Å². The summed E-state index contributed by atoms with van der Waals surface area (Å²) in [6, 6.07) is 7.22. The van der Waals surface area contributed by atoms with Crippen molar-refractivity contribution in [2.24, 2.45) is 0 Å². The zero-order chi connectivity index (χ0) is 24.0. The molecule has 1 aliphatic heterocycles. The molecule has 1 aliphatic rings. The number of nitrogens with zero attached hydrogens (tertiary/aromatic N) is 4. The van der Waals surface area contributed by atoms with Crippen molar-refractivity contribution in [2.75, 3.05) is 13.1 Å². The maximum absolute atomic E-state index is 13.6. The third-order valence-corrected chi connectivity index (χ3v) is 6.97. The lowest BCUT2D eigenvalue weighted by molar-refractivity contribution is -0.140. The summed E-state index contributed by atoms with van der Waals surface area (Å²) in [6.07, 6.45) is -1.36. The van der Waals surface area contributed by atoms with Crippen LogP contribution in [0, 0.1) is 0 Å². The minimum absolute atomic E-state index is 0.210. The smallest absolute Gasteiger partial charge is 0.338 e. The minimum atomic E-state index is -4.47. The maximum atomic E-state index is 13.6. The molecule has 0 spiro atoms. The van der Waals surface area contributed by atoms with Crippen LogP contribution in [-0.2, 0) is 11.7 Å². The van der Waals surface area contributed by atoms with Crippen LogP contribution in [0.5, 0.6) is 0 Å². The van der Waals surface area contributed by atoms with E-state index in [-0.39, 0.29) is 17.4 Å². The summed E-state index contributed by atoms with van der Waals surface area (Å²) in [4.78, 5) is 19.1. The second-order valence-corrected chi connectivity index (χ2v) is 10.4. The lowest BCUT2D eigenvalue weighted by Crippen LogP contribution is -2.39. The molecular formula is C23H24ClF3N4OS. The number of benzene rings is 1. The number of aromatic nitrogens is 3. The number of likely N-dealkylation sites (tertiary alicyclic amines) is 1. The van der Waals surface area contributed by atoms with Gasteiger partial charge in [-0.15, -0.1) is 11.3 Å². The van der Waals surface area contributed by atoms with Crippen LogP contribution in [0.3, 0.4) is 0 Å². The Balaban J connectivity index is 1.65. The predicted octanol–water partition coefficient (Wildman–Crippen LogP) is 6.45. The molecule has 5 nitrogen and oxygen atoms in total. The van der Waals surface area contributed by atoms with Crippen molar-refractivity contribution in [1.82, 2.24) is 19.7 Å². The molecule has 0 bridgehead atoms. The Morgan fingerprint density at radius 1 is 1.21 bits per heavy atom. The molecular weight excluding hydrogens is 473 g/mol. The van der Waals surface area contributed by atoms with Gasteiger partial charge in [0.05, 0.1) is 21.1 Å². The van der Waals surface area contributed by atoms with E-state index in [2.05, 4.69) is 10.1 Å². The second-order valence-electron chi connectivity index (χ2n) is 9.15. The van der Waals surface area contributed by atoms with Gasteiger partial charge in [0.1, 0.15) is 5.69 Å². The number of hydrogen-bond acceptors (Lipinski definition) is 4. The lowest BCUT2D eigenvalue weighted by Gasteiger charge is -2.31. The van der Waals surface area contributed by atoms with Gasteiger partial charge in [-0.05, 0) is 39.7 Å². The van der Waals surface area contributed by atoms with Gasteiger partial charge in [0.15, 0.2) is 5.69 Å². The summed E-state index contributed by atoms with van der Waals surface area (Å²) in [5, 5.41) is 6.63. The minimum Gasteiger partial charge on any atom is -0.338 e. The van der Waals surface area contributed by atoms with Crippen LogP contribution in [0.4, 0.5) is 13.2 Å². The molecule has 4 rings (SSSR count). The van der Waals surface area contributed by atoms with Crippen LogP contribution in [-0.4, -0.2) is 38.7 Å². The molecule has 1 amide bonds. The highest BCUT2D eigenvalue weighted by molar-refractivity contribution is 7.09. The first kappa shape index (κ1) is 23.8. The molecule has 1 saturated heterocycles. The molecule has 1 aromatic carbocycles. The number of carbonyl (C=O) groups is 1. The Morgan fingerprint density at radius 3 is 2.58 bits per heavy atom. The highest BCUT2D eigenvalue weighted by Gasteiger charge is 2.36. The molecule has 3 aromatic rings. The Bertz CT molecular complexity index is 1170. The molecule has 0 radical (unpaired) electrons. The van der Waals surface area contributed by atoms with Crippen molar-refractivity contribution in [3.63, 3.8) is 0 Å². The number of piperidine rings is 1. The maximum Gasteiger partial charge on any atom is 0.434 e. The fourth-order valence-electron chi connectivity index (χ4n) is 3.87. The second kappa shape index (κ2) is 8.76. The van der Waals surface area contributed by atoms with Gasteiger partial charge in [-0.1, -0.05) is 29.8 Å². The molecule has 10 heteroatoms. The summed E-state index contributed by atoms with van der Waals surface area (Å²) in [7, 11) is 0. The Labute approximate surface area is 199 Å². The highest BCUT2D eigenvalue weighted by Crippen LogP contribution is 2.36. The van der Waals surface area contributed by atoms with Crippen LogP contribution in [0.15, 0.2) is 35.8 Å². The number of alkyl halides is 3. The van der Waals surface area contributed by atoms with Crippen LogP contribution < -0.4 is 0 Å². The quantitative estimate of drug-likeness (QED) is 0.418. The molecule has 1 fully saturated rings. The van der Waals surface area contributed by atoms with Crippen molar-refractivity contribution in [1.29, 1.82) is 0 Å². The summed E-state index contributed by atoms with van der Waals surface area (Å²) < 4.78 is 40.7. The van der Waals surface area contributed by atoms with E-state index in [0.29, 0.717) is 52.8 Å². The van der Waals surface area contributed by atoms with Crippen LogP contribution in [0.1, 0.15) is 60.6 Å². The van der Waals surface area contributed by atoms with Crippen molar-refractivity contribution in [3.8, 4) is 11.3 Å². The van der Waals surface area contributed by atoms with E-state index in [0.717, 1.165) is 16.7 Å². The van der Waals surface area contributed by atoms with Crippen LogP contribution in [0.2, 0.25) is 5.02 Å². The van der Waals surface area contributed by atoms with Crippen LogP contribution in [0.25, 0.3) is 11.3 Å². The van der Waals surface area contributed by atoms with Gasteiger partial charge in [0.25, 0.3) is 5.91 Å². The van der Waals surface area contributed by atoms with Crippen molar-refractivity contribution >= 4 is 28.8 Å². The summed E-state index contributed by atoms with van der Waals surface area (Å²) >= 11 is 7.41. The van der Waals surface area contributed by atoms with E-state index in [4.69, 9.17) is 11.6 Å². The largest absolute Gasteiger partial charge is 0.434 e. The molecule has 0 aliphatic carbocycles. The normalized spacial score (nSPS) is 17.4. The average molecular weight is 497 g/mol. The SMILES string of the molecule is CC(C)(C)n1cc(C(=O)N2CCCC(c3nc(C(F)(F)F)cs3)C2)c(-c2ccccc2Cl)n1. The third-order valence-electron chi connectivity index (χ3n) is 5.63. The molecule has 0 N–H and O–H groups in total. The molecule has 3 heterocycles. The number of thiazole rings is 1. The van der Waals surface area contributed by atoms with Gasteiger partial charge in [-0.2, -0.15) is 18.3 Å². The number of carbonyl (C=O) groups excluding carboxylic acids is 1. The van der Waals surface area contributed by atoms with E-state index in [1.807, 2.05) is 39.0 Å². The molecule has 1 unspecified atom stereocenters. The van der Waals surface area contributed by atoms with Gasteiger partial charge in [0.2, 0.25) is 0 Å². The van der Waals surface area contributed by atoms with Gasteiger partial charge in [-0.3, -0.25) is 9.48 Å². The van der Waals surface area contributed by atoms with E-state index in [9.17, 15) is 18.0 Å². The Hall–Kier alpha value is -2.39. The first-order valence-electron chi connectivity index (χ1n) is 10.6. The van der Waals surface area contributed by atoms with Crippen molar-refractivity contribution in [3.05, 3.63) is 57.1 Å².